The first-order chi connectivity index (χ1) is 11.5. The average Bonchev–Trinajstić information content (AvgIpc) is 3.41. The highest BCUT2D eigenvalue weighted by Crippen LogP contribution is 2.29. The summed E-state index contributed by atoms with van der Waals surface area (Å²) in [5, 5.41) is 0. The number of carbonyl (C=O) groups excluding carboxylic acids is 1. The third-order valence-corrected chi connectivity index (χ3v) is 3.88. The molecular weight excluding hydrogens is 314 g/mol. The molecule has 1 aromatic heterocycles. The highest BCUT2D eigenvalue weighted by molar-refractivity contribution is 5.81. The predicted molar refractivity (Wildman–Crippen MR) is 84.3 cm³/mol. The van der Waals surface area contributed by atoms with Gasteiger partial charge >= 0.3 is 0 Å². The molecule has 0 spiro atoms. The molecule has 1 aliphatic rings. The van der Waals surface area contributed by atoms with Crippen molar-refractivity contribution in [2.45, 2.75) is 38.5 Å². The van der Waals surface area contributed by atoms with Crippen LogP contribution in [0.25, 0.3) is 0 Å². The van der Waals surface area contributed by atoms with Gasteiger partial charge in [0.15, 0.2) is 17.7 Å². The molecule has 0 bridgehead atoms. The molecule has 4 nitrogen and oxygen atoms in total. The number of hydrogen-bond donors (Lipinski definition) is 0. The summed E-state index contributed by atoms with van der Waals surface area (Å²) in [6.45, 7) is 2.02. The molecule has 0 radical (unpaired) electrons. The van der Waals surface area contributed by atoms with E-state index in [0.29, 0.717) is 6.54 Å². The zero-order chi connectivity index (χ0) is 17.1. The van der Waals surface area contributed by atoms with Gasteiger partial charge in [-0.05, 0) is 44.0 Å². The van der Waals surface area contributed by atoms with Gasteiger partial charge in [-0.1, -0.05) is 6.07 Å². The molecule has 24 heavy (non-hydrogen) atoms. The van der Waals surface area contributed by atoms with E-state index in [0.717, 1.165) is 30.7 Å². The van der Waals surface area contributed by atoms with Crippen molar-refractivity contribution >= 4 is 5.91 Å². The summed E-state index contributed by atoms with van der Waals surface area (Å²) in [7, 11) is 0. The number of aromatic nitrogens is 1. The Bertz CT molecular complexity index is 720. The van der Waals surface area contributed by atoms with Gasteiger partial charge in [0.05, 0.1) is 12.2 Å². The van der Waals surface area contributed by atoms with Crippen LogP contribution in [0.3, 0.4) is 0 Å². The maximum atomic E-state index is 13.3. The van der Waals surface area contributed by atoms with Gasteiger partial charge < -0.3 is 9.64 Å². The van der Waals surface area contributed by atoms with Gasteiger partial charge in [-0.25, -0.2) is 8.78 Å². The average molecular weight is 332 g/mol. The Morgan fingerprint density at radius 2 is 2.08 bits per heavy atom. The number of pyridine rings is 1. The van der Waals surface area contributed by atoms with Crippen LogP contribution < -0.4 is 4.74 Å². The molecule has 0 N–H and O–H groups in total. The van der Waals surface area contributed by atoms with E-state index >= 15 is 0 Å². The second-order valence-electron chi connectivity index (χ2n) is 5.85. The Morgan fingerprint density at radius 3 is 2.71 bits per heavy atom. The number of hydrogen-bond acceptors (Lipinski definition) is 3. The zero-order valence-corrected chi connectivity index (χ0v) is 13.3. The lowest BCUT2D eigenvalue weighted by Crippen LogP contribution is -2.41. The second-order valence-corrected chi connectivity index (χ2v) is 5.85. The number of ether oxygens (including phenoxy) is 1. The normalized spacial score (nSPS) is 15.0. The van der Waals surface area contributed by atoms with E-state index in [-0.39, 0.29) is 17.7 Å². The number of carbonyl (C=O) groups is 1. The molecule has 0 aliphatic heterocycles. The maximum Gasteiger partial charge on any atom is 0.263 e. The van der Waals surface area contributed by atoms with Gasteiger partial charge in [-0.15, -0.1) is 0 Å². The van der Waals surface area contributed by atoms with Crippen LogP contribution in [0.15, 0.2) is 42.6 Å². The number of nitrogens with zero attached hydrogens (tertiary/aromatic N) is 2. The highest BCUT2D eigenvalue weighted by atomic mass is 19.2. The van der Waals surface area contributed by atoms with Gasteiger partial charge in [-0.2, -0.15) is 0 Å². The summed E-state index contributed by atoms with van der Waals surface area (Å²) in [6.07, 6.45) is 2.80. The fraction of sp³-hybridized carbons (Fsp3) is 0.333. The minimum absolute atomic E-state index is 0.128. The van der Waals surface area contributed by atoms with Crippen LogP contribution in [0, 0.1) is 11.6 Å². The molecule has 1 heterocycles. The molecule has 0 saturated heterocycles. The molecule has 3 rings (SSSR count). The Morgan fingerprint density at radius 1 is 1.29 bits per heavy atom. The van der Waals surface area contributed by atoms with Gasteiger partial charge in [0.1, 0.15) is 5.75 Å². The smallest absolute Gasteiger partial charge is 0.263 e. The van der Waals surface area contributed by atoms with Crippen molar-refractivity contribution in [2.75, 3.05) is 0 Å². The molecule has 1 aliphatic carbocycles. The first-order valence-corrected chi connectivity index (χ1v) is 7.86. The van der Waals surface area contributed by atoms with E-state index in [2.05, 4.69) is 4.98 Å². The Hall–Kier alpha value is -2.50. The van der Waals surface area contributed by atoms with E-state index in [1.165, 1.54) is 6.07 Å². The highest BCUT2D eigenvalue weighted by Gasteiger charge is 2.35. The van der Waals surface area contributed by atoms with Gasteiger partial charge in [0.2, 0.25) is 0 Å². The van der Waals surface area contributed by atoms with Crippen LogP contribution in [0.5, 0.6) is 5.75 Å². The Kier molecular flexibility index (Phi) is 4.74. The maximum absolute atomic E-state index is 13.3. The molecule has 1 unspecified atom stereocenters. The van der Waals surface area contributed by atoms with Crippen LogP contribution in [0.4, 0.5) is 8.78 Å². The summed E-state index contributed by atoms with van der Waals surface area (Å²) >= 11 is 0. The van der Waals surface area contributed by atoms with Crippen molar-refractivity contribution in [1.29, 1.82) is 0 Å². The summed E-state index contributed by atoms with van der Waals surface area (Å²) in [5.74, 6) is -2.01. The summed E-state index contributed by atoms with van der Waals surface area (Å²) in [6, 6.07) is 8.98. The molecule has 1 amide bonds. The van der Waals surface area contributed by atoms with Crippen LogP contribution in [0.2, 0.25) is 0 Å². The van der Waals surface area contributed by atoms with Gasteiger partial charge in [0.25, 0.3) is 5.91 Å². The minimum Gasteiger partial charge on any atom is -0.481 e. The lowest BCUT2D eigenvalue weighted by atomic mass is 10.2. The monoisotopic (exact) mass is 332 g/mol. The van der Waals surface area contributed by atoms with E-state index in [9.17, 15) is 13.6 Å². The summed E-state index contributed by atoms with van der Waals surface area (Å²) in [5.41, 5.74) is 0.803. The number of amides is 1. The van der Waals surface area contributed by atoms with Crippen molar-refractivity contribution in [3.8, 4) is 5.75 Å². The lowest BCUT2D eigenvalue weighted by molar-refractivity contribution is -0.139. The van der Waals surface area contributed by atoms with Crippen molar-refractivity contribution in [3.63, 3.8) is 0 Å². The first kappa shape index (κ1) is 16.4. The van der Waals surface area contributed by atoms with E-state index in [4.69, 9.17) is 4.74 Å². The molecule has 1 aromatic carbocycles. The van der Waals surface area contributed by atoms with Crippen molar-refractivity contribution in [1.82, 2.24) is 9.88 Å². The molecule has 6 heteroatoms. The summed E-state index contributed by atoms with van der Waals surface area (Å²) < 4.78 is 31.7. The topological polar surface area (TPSA) is 42.4 Å². The van der Waals surface area contributed by atoms with Crippen molar-refractivity contribution < 1.29 is 18.3 Å². The second kappa shape index (κ2) is 6.95. The standard InChI is InChI=1S/C18H18F2N2O2/c1-12(24-15-7-8-16(19)17(20)10-15)18(23)22(14-5-6-14)11-13-4-2-3-9-21-13/h2-4,7-10,12,14H,5-6,11H2,1H3. The largest absolute Gasteiger partial charge is 0.481 e. The molecule has 1 atom stereocenters. The predicted octanol–water partition coefficient (Wildman–Crippen LogP) is 3.32. The summed E-state index contributed by atoms with van der Waals surface area (Å²) in [4.78, 5) is 18.7. The molecule has 1 saturated carbocycles. The van der Waals surface area contributed by atoms with Crippen molar-refractivity contribution in [2.24, 2.45) is 0 Å². The van der Waals surface area contributed by atoms with Gasteiger partial charge in [0, 0.05) is 18.3 Å². The van der Waals surface area contributed by atoms with E-state index in [1.54, 1.807) is 18.0 Å². The number of benzene rings is 1. The zero-order valence-electron chi connectivity index (χ0n) is 13.3. The Labute approximate surface area is 139 Å². The lowest BCUT2D eigenvalue weighted by Gasteiger charge is -2.26. The molecule has 2 aromatic rings. The first-order valence-electron chi connectivity index (χ1n) is 7.86. The fourth-order valence-electron chi connectivity index (χ4n) is 2.48. The quantitative estimate of drug-likeness (QED) is 0.815. The minimum atomic E-state index is -1.00. The number of halogens is 2. The third kappa shape index (κ3) is 3.88. The van der Waals surface area contributed by atoms with E-state index in [1.807, 2.05) is 18.2 Å². The van der Waals surface area contributed by atoms with Crippen LogP contribution in [-0.2, 0) is 11.3 Å². The van der Waals surface area contributed by atoms with Crippen molar-refractivity contribution in [3.05, 3.63) is 59.9 Å². The van der Waals surface area contributed by atoms with Crippen LogP contribution in [0.1, 0.15) is 25.5 Å². The van der Waals surface area contributed by atoms with Crippen LogP contribution in [-0.4, -0.2) is 27.9 Å². The van der Waals surface area contributed by atoms with Crippen LogP contribution >= 0.6 is 0 Å². The van der Waals surface area contributed by atoms with Gasteiger partial charge in [-0.3, -0.25) is 9.78 Å². The number of rotatable bonds is 6. The Balaban J connectivity index is 1.68. The third-order valence-electron chi connectivity index (χ3n) is 3.88. The fourth-order valence-corrected chi connectivity index (χ4v) is 2.48. The molecule has 1 fully saturated rings. The van der Waals surface area contributed by atoms with E-state index < -0.39 is 17.7 Å². The SMILES string of the molecule is CC(Oc1ccc(F)c(F)c1)C(=O)N(Cc1ccccn1)C1CC1. The molecular formula is C18H18F2N2O2. The molecule has 126 valence electrons.